The maximum atomic E-state index is 5.38. The molecule has 0 aliphatic carbocycles. The van der Waals surface area contributed by atoms with Crippen LogP contribution in [-0.4, -0.2) is 5.75 Å². The van der Waals surface area contributed by atoms with Crippen molar-refractivity contribution in [1.29, 1.82) is 0 Å². The second kappa shape index (κ2) is 5.25. The number of hydrogen-bond donors (Lipinski definition) is 0. The van der Waals surface area contributed by atoms with Gasteiger partial charge in [-0.05, 0) is 37.7 Å². The first-order valence-electron chi connectivity index (χ1n) is 3.81. The highest BCUT2D eigenvalue weighted by molar-refractivity contribution is 7.99. The van der Waals surface area contributed by atoms with Crippen LogP contribution in [-0.2, 0) is 0 Å². The Kier molecular flexibility index (Phi) is 4.14. The van der Waals surface area contributed by atoms with Crippen LogP contribution in [0.5, 0.6) is 0 Å². The molecular formula is C10H12S. The Labute approximate surface area is 73.0 Å². The zero-order valence-electron chi connectivity index (χ0n) is 6.49. The first kappa shape index (κ1) is 8.66. The lowest BCUT2D eigenvalue weighted by molar-refractivity contribution is 0.969. The van der Waals surface area contributed by atoms with Gasteiger partial charge >= 0.3 is 0 Å². The van der Waals surface area contributed by atoms with E-state index in [0.29, 0.717) is 0 Å². The molecule has 1 rings (SSSR count). The van der Waals surface area contributed by atoms with Gasteiger partial charge in [0.25, 0.3) is 0 Å². The van der Waals surface area contributed by atoms with E-state index >= 15 is 0 Å². The number of unbranched alkanes of at least 4 members (excludes halogenated alkanes) is 1. The molecule has 0 bridgehead atoms. The SMILES string of the molecule is [CH]CCCSc1ccccc1. The quantitative estimate of drug-likeness (QED) is 0.486. The standard InChI is InChI=1S/C10H12S/c1-2-3-9-11-10-7-5-4-6-8-10/h1,4-8H,2-3,9H2. The van der Waals surface area contributed by atoms with Gasteiger partial charge in [-0.25, -0.2) is 0 Å². The van der Waals surface area contributed by atoms with Gasteiger partial charge in [-0.1, -0.05) is 18.2 Å². The molecular weight excluding hydrogens is 152 g/mol. The van der Waals surface area contributed by atoms with Crippen LogP contribution < -0.4 is 0 Å². The molecule has 11 heavy (non-hydrogen) atoms. The smallest absolute Gasteiger partial charge is 0.00719 e. The molecule has 0 aromatic heterocycles. The summed E-state index contributed by atoms with van der Waals surface area (Å²) in [5.41, 5.74) is 0. The molecule has 58 valence electrons. The Morgan fingerprint density at radius 3 is 2.55 bits per heavy atom. The first-order chi connectivity index (χ1) is 5.43. The van der Waals surface area contributed by atoms with E-state index in [-0.39, 0.29) is 0 Å². The highest BCUT2D eigenvalue weighted by atomic mass is 32.2. The van der Waals surface area contributed by atoms with Crippen molar-refractivity contribution >= 4 is 11.8 Å². The molecule has 0 heterocycles. The van der Waals surface area contributed by atoms with E-state index < -0.39 is 0 Å². The predicted octanol–water partition coefficient (Wildman–Crippen LogP) is 3.27. The van der Waals surface area contributed by atoms with Crippen LogP contribution in [0.1, 0.15) is 12.8 Å². The molecule has 0 fully saturated rings. The van der Waals surface area contributed by atoms with E-state index in [1.807, 2.05) is 17.8 Å². The molecule has 0 N–H and O–H groups in total. The van der Waals surface area contributed by atoms with Crippen molar-refractivity contribution in [3.05, 3.63) is 37.3 Å². The van der Waals surface area contributed by atoms with Crippen LogP contribution >= 0.6 is 11.8 Å². The van der Waals surface area contributed by atoms with Gasteiger partial charge in [-0.3, -0.25) is 0 Å². The molecule has 1 aromatic rings. The van der Waals surface area contributed by atoms with Gasteiger partial charge in [0.15, 0.2) is 0 Å². The number of hydrogen-bond acceptors (Lipinski definition) is 1. The summed E-state index contributed by atoms with van der Waals surface area (Å²) in [5.74, 6) is 1.13. The monoisotopic (exact) mass is 164 g/mol. The van der Waals surface area contributed by atoms with E-state index in [2.05, 4.69) is 24.3 Å². The minimum atomic E-state index is 0.792. The van der Waals surface area contributed by atoms with Crippen molar-refractivity contribution in [1.82, 2.24) is 0 Å². The summed E-state index contributed by atoms with van der Waals surface area (Å²) in [6.45, 7) is 5.38. The minimum absolute atomic E-state index is 0.792. The largest absolute Gasteiger partial charge is 0.126 e. The summed E-state index contributed by atoms with van der Waals surface area (Å²) >= 11 is 1.86. The van der Waals surface area contributed by atoms with Crippen molar-refractivity contribution in [2.45, 2.75) is 17.7 Å². The minimum Gasteiger partial charge on any atom is -0.126 e. The zero-order chi connectivity index (χ0) is 7.94. The maximum Gasteiger partial charge on any atom is 0.00719 e. The van der Waals surface area contributed by atoms with E-state index in [0.717, 1.165) is 18.6 Å². The number of thioether (sulfide) groups is 1. The lowest BCUT2D eigenvalue weighted by Gasteiger charge is -1.97. The maximum absolute atomic E-state index is 5.38. The van der Waals surface area contributed by atoms with Crippen LogP contribution in [0.15, 0.2) is 35.2 Å². The van der Waals surface area contributed by atoms with E-state index in [1.165, 1.54) is 4.90 Å². The van der Waals surface area contributed by atoms with E-state index in [1.54, 1.807) is 0 Å². The van der Waals surface area contributed by atoms with Crippen molar-refractivity contribution in [3.8, 4) is 0 Å². The number of benzene rings is 1. The summed E-state index contributed by atoms with van der Waals surface area (Å²) in [6.07, 6.45) is 1.89. The van der Waals surface area contributed by atoms with Gasteiger partial charge in [-0.2, -0.15) is 0 Å². The van der Waals surface area contributed by atoms with Crippen molar-refractivity contribution < 1.29 is 0 Å². The van der Waals surface area contributed by atoms with E-state index in [4.69, 9.17) is 6.92 Å². The summed E-state index contributed by atoms with van der Waals surface area (Å²) in [7, 11) is 0. The molecule has 0 nitrogen and oxygen atoms in total. The van der Waals surface area contributed by atoms with Crippen LogP contribution in [0.4, 0.5) is 0 Å². The third-order valence-electron chi connectivity index (χ3n) is 1.36. The third kappa shape index (κ3) is 3.47. The number of rotatable bonds is 4. The fourth-order valence-corrected chi connectivity index (χ4v) is 1.69. The molecule has 0 aliphatic heterocycles. The lowest BCUT2D eigenvalue weighted by atomic mass is 10.4. The van der Waals surface area contributed by atoms with Crippen LogP contribution in [0.2, 0.25) is 0 Å². The van der Waals surface area contributed by atoms with Crippen LogP contribution in [0, 0.1) is 6.92 Å². The molecule has 0 saturated heterocycles. The third-order valence-corrected chi connectivity index (χ3v) is 2.46. The van der Waals surface area contributed by atoms with Gasteiger partial charge in [0, 0.05) is 4.90 Å². The Morgan fingerprint density at radius 1 is 1.18 bits per heavy atom. The summed E-state index contributed by atoms with van der Waals surface area (Å²) in [4.78, 5) is 1.33. The first-order valence-corrected chi connectivity index (χ1v) is 4.80. The fourth-order valence-electron chi connectivity index (χ4n) is 0.790. The summed E-state index contributed by atoms with van der Waals surface area (Å²) < 4.78 is 0. The van der Waals surface area contributed by atoms with Gasteiger partial charge in [0.1, 0.15) is 0 Å². The highest BCUT2D eigenvalue weighted by Crippen LogP contribution is 2.17. The molecule has 1 aromatic carbocycles. The van der Waals surface area contributed by atoms with Crippen molar-refractivity contribution in [2.24, 2.45) is 0 Å². The Morgan fingerprint density at radius 2 is 1.91 bits per heavy atom. The Hall–Kier alpha value is -0.430. The highest BCUT2D eigenvalue weighted by Gasteiger charge is 1.89. The molecule has 1 heteroatoms. The molecule has 0 aliphatic rings. The molecule has 2 radical (unpaired) electrons. The topological polar surface area (TPSA) is 0 Å². The van der Waals surface area contributed by atoms with Gasteiger partial charge in [-0.15, -0.1) is 11.8 Å². The second-order valence-corrected chi connectivity index (χ2v) is 3.47. The molecule has 0 unspecified atom stereocenters. The Balaban J connectivity index is 2.28. The Bertz CT molecular complexity index is 181. The van der Waals surface area contributed by atoms with Gasteiger partial charge in [0.05, 0.1) is 0 Å². The zero-order valence-corrected chi connectivity index (χ0v) is 7.31. The molecule has 0 amide bonds. The van der Waals surface area contributed by atoms with Gasteiger partial charge in [0.2, 0.25) is 0 Å². The van der Waals surface area contributed by atoms with Gasteiger partial charge < -0.3 is 0 Å². The molecule has 0 atom stereocenters. The average Bonchev–Trinajstić information content (AvgIpc) is 2.07. The second-order valence-electron chi connectivity index (χ2n) is 2.30. The fraction of sp³-hybridized carbons (Fsp3) is 0.300. The summed E-state index contributed by atoms with van der Waals surface area (Å²) in [6, 6.07) is 10.4. The summed E-state index contributed by atoms with van der Waals surface area (Å²) in [5, 5.41) is 0. The van der Waals surface area contributed by atoms with E-state index in [9.17, 15) is 0 Å². The van der Waals surface area contributed by atoms with Crippen LogP contribution in [0.3, 0.4) is 0 Å². The molecule has 0 spiro atoms. The van der Waals surface area contributed by atoms with Crippen molar-refractivity contribution in [2.75, 3.05) is 5.75 Å². The van der Waals surface area contributed by atoms with Crippen molar-refractivity contribution in [3.63, 3.8) is 0 Å². The average molecular weight is 164 g/mol. The lowest BCUT2D eigenvalue weighted by Crippen LogP contribution is -1.76. The van der Waals surface area contributed by atoms with Crippen LogP contribution in [0.25, 0.3) is 0 Å². The normalized spacial score (nSPS) is 9.91. The molecule has 0 saturated carbocycles. The predicted molar refractivity (Wildman–Crippen MR) is 50.7 cm³/mol.